The monoisotopic (exact) mass is 108 g/mol. The molecule has 6 heavy (non-hydrogen) atoms. The highest BCUT2D eigenvalue weighted by Crippen LogP contribution is 1.98. The zero-order valence-corrected chi connectivity index (χ0v) is 4.30. The predicted octanol–water partition coefficient (Wildman–Crippen LogP) is 2.10. The number of rotatable bonds is 1. The molecule has 0 bridgehead atoms. The lowest BCUT2D eigenvalue weighted by Gasteiger charge is -1.78. The Kier molecular flexibility index (Phi) is 3.14. The van der Waals surface area contributed by atoms with E-state index in [-0.39, 0.29) is 5.03 Å². The molecule has 0 aliphatic rings. The maximum absolute atomic E-state index is 11.2. The Balaban J connectivity index is 3.22. The van der Waals surface area contributed by atoms with Crippen LogP contribution in [0.5, 0.6) is 0 Å². The van der Waals surface area contributed by atoms with Gasteiger partial charge in [-0.2, -0.15) is 0 Å². The van der Waals surface area contributed by atoms with E-state index < -0.39 is 6.67 Å². The third-order valence-corrected chi connectivity index (χ3v) is 0.760. The van der Waals surface area contributed by atoms with Crippen molar-refractivity contribution in [1.29, 1.82) is 0 Å². The van der Waals surface area contributed by atoms with Crippen LogP contribution in [-0.2, 0) is 0 Å². The topological polar surface area (TPSA) is 0 Å². The van der Waals surface area contributed by atoms with Crippen LogP contribution in [0.3, 0.4) is 0 Å². The second kappa shape index (κ2) is 3.16. The van der Waals surface area contributed by atoms with Gasteiger partial charge in [-0.3, -0.25) is 0 Å². The lowest BCUT2D eigenvalue weighted by molar-refractivity contribution is 0.555. The molecule has 0 N–H and O–H groups in total. The molecule has 36 valence electrons. The average molecular weight is 109 g/mol. The molecule has 0 aromatic rings. The zero-order chi connectivity index (χ0) is 4.99. The first-order valence-corrected chi connectivity index (χ1v) is 2.05. The largest absolute Gasteiger partial charge is 0.245 e. The van der Waals surface area contributed by atoms with Gasteiger partial charge < -0.3 is 0 Å². The van der Waals surface area contributed by atoms with Crippen LogP contribution in [0, 0.1) is 0 Å². The molecule has 0 spiro atoms. The van der Waals surface area contributed by atoms with Gasteiger partial charge in [0.25, 0.3) is 0 Å². The first kappa shape index (κ1) is 5.96. The van der Waals surface area contributed by atoms with E-state index >= 15 is 0 Å². The molecule has 0 nitrogen and oxygen atoms in total. The molecule has 0 aliphatic heterocycles. The van der Waals surface area contributed by atoms with Crippen molar-refractivity contribution in [2.75, 3.05) is 6.67 Å². The fourth-order valence-corrected chi connectivity index (χ4v) is 0.0772. The lowest BCUT2D eigenvalue weighted by atomic mass is 10.6. The van der Waals surface area contributed by atoms with Gasteiger partial charge in [-0.1, -0.05) is 17.7 Å². The Morgan fingerprint density at radius 3 is 2.50 bits per heavy atom. The average Bonchev–Trinajstić information content (AvgIpc) is 1.65. The predicted molar refractivity (Wildman–Crippen MR) is 25.6 cm³/mol. The molecule has 0 saturated heterocycles. The van der Waals surface area contributed by atoms with Crippen LogP contribution in [0.15, 0.2) is 11.1 Å². The summed E-state index contributed by atoms with van der Waals surface area (Å²) in [6.45, 7) is 1.15. The van der Waals surface area contributed by atoms with Crippen molar-refractivity contribution in [3.8, 4) is 0 Å². The number of allylic oxidation sites excluding steroid dienone is 2. The molecule has 0 unspecified atom stereocenters. The molecule has 0 saturated carbocycles. The van der Waals surface area contributed by atoms with Crippen LogP contribution in [-0.4, -0.2) is 6.67 Å². The second-order valence-electron chi connectivity index (χ2n) is 0.869. The molecule has 0 aromatic heterocycles. The van der Waals surface area contributed by atoms with E-state index in [2.05, 4.69) is 0 Å². The van der Waals surface area contributed by atoms with Gasteiger partial charge in [-0.05, 0) is 6.92 Å². The van der Waals surface area contributed by atoms with Gasteiger partial charge in [0.2, 0.25) is 0 Å². The summed E-state index contributed by atoms with van der Waals surface area (Å²) in [7, 11) is 0. The Bertz CT molecular complexity index is 58.6. The first-order valence-electron chi connectivity index (χ1n) is 1.68. The molecule has 0 aromatic carbocycles. The molecule has 0 rings (SSSR count). The quantitative estimate of drug-likeness (QED) is 0.483. The number of hydrogen-bond acceptors (Lipinski definition) is 0. The molecule has 0 heterocycles. The van der Waals surface area contributed by atoms with Crippen molar-refractivity contribution in [1.82, 2.24) is 0 Å². The molecule has 0 fully saturated rings. The van der Waals surface area contributed by atoms with E-state index in [4.69, 9.17) is 11.6 Å². The molecule has 0 radical (unpaired) electrons. The van der Waals surface area contributed by atoms with E-state index in [1.54, 1.807) is 6.92 Å². The van der Waals surface area contributed by atoms with E-state index in [0.29, 0.717) is 0 Å². The third-order valence-electron chi connectivity index (χ3n) is 0.441. The van der Waals surface area contributed by atoms with Gasteiger partial charge in [-0.25, -0.2) is 4.39 Å². The molecular formula is C4H6ClF. The molecule has 2 heteroatoms. The Labute approximate surface area is 41.6 Å². The van der Waals surface area contributed by atoms with Crippen LogP contribution >= 0.6 is 11.6 Å². The third kappa shape index (κ3) is 2.21. The van der Waals surface area contributed by atoms with Crippen LogP contribution in [0.2, 0.25) is 0 Å². The summed E-state index contributed by atoms with van der Waals surface area (Å²) >= 11 is 5.14. The zero-order valence-electron chi connectivity index (χ0n) is 3.54. The van der Waals surface area contributed by atoms with Crippen LogP contribution in [0.4, 0.5) is 4.39 Å². The Morgan fingerprint density at radius 1 is 2.00 bits per heavy atom. The van der Waals surface area contributed by atoms with E-state index in [0.717, 1.165) is 0 Å². The second-order valence-corrected chi connectivity index (χ2v) is 1.35. The smallest absolute Gasteiger partial charge is 0.125 e. The van der Waals surface area contributed by atoms with E-state index in [1.807, 2.05) is 0 Å². The van der Waals surface area contributed by atoms with Gasteiger partial charge in [0.15, 0.2) is 0 Å². The summed E-state index contributed by atoms with van der Waals surface area (Å²) in [6, 6.07) is 0. The minimum atomic E-state index is -0.544. The summed E-state index contributed by atoms with van der Waals surface area (Å²) in [5.41, 5.74) is 0. The highest BCUT2D eigenvalue weighted by atomic mass is 35.5. The summed E-state index contributed by atoms with van der Waals surface area (Å²) in [5.74, 6) is 0. The standard InChI is InChI=1S/C4H6ClF/c1-2-4(5)3-6/h2H,3H2,1H3. The maximum atomic E-state index is 11.2. The highest BCUT2D eigenvalue weighted by Gasteiger charge is 1.80. The van der Waals surface area contributed by atoms with Crippen molar-refractivity contribution < 1.29 is 4.39 Å². The van der Waals surface area contributed by atoms with Crippen molar-refractivity contribution in [2.45, 2.75) is 6.92 Å². The fourth-order valence-electron chi connectivity index (χ4n) is 0.0772. The highest BCUT2D eigenvalue weighted by molar-refractivity contribution is 6.29. The van der Waals surface area contributed by atoms with Gasteiger partial charge in [0.1, 0.15) is 6.67 Å². The summed E-state index contributed by atoms with van der Waals surface area (Å²) in [5, 5.41) is 0.273. The van der Waals surface area contributed by atoms with Crippen molar-refractivity contribution in [3.63, 3.8) is 0 Å². The number of alkyl halides is 1. The molecule has 0 aliphatic carbocycles. The SMILES string of the molecule is CC=C(Cl)CF. The van der Waals surface area contributed by atoms with Crippen LogP contribution in [0.25, 0.3) is 0 Å². The minimum absolute atomic E-state index is 0.273. The van der Waals surface area contributed by atoms with Crippen molar-refractivity contribution >= 4 is 11.6 Å². The molecule has 0 amide bonds. The minimum Gasteiger partial charge on any atom is -0.245 e. The van der Waals surface area contributed by atoms with Crippen LogP contribution in [0.1, 0.15) is 6.92 Å². The summed E-state index contributed by atoms with van der Waals surface area (Å²) in [4.78, 5) is 0. The maximum Gasteiger partial charge on any atom is 0.125 e. The summed E-state index contributed by atoms with van der Waals surface area (Å²) in [6.07, 6.45) is 1.53. The normalized spacial score (nSPS) is 12.2. The molecule has 0 atom stereocenters. The molecular weight excluding hydrogens is 102 g/mol. The Morgan fingerprint density at radius 2 is 2.50 bits per heavy atom. The van der Waals surface area contributed by atoms with Crippen molar-refractivity contribution in [2.24, 2.45) is 0 Å². The van der Waals surface area contributed by atoms with Crippen LogP contribution < -0.4 is 0 Å². The van der Waals surface area contributed by atoms with Gasteiger partial charge >= 0.3 is 0 Å². The van der Waals surface area contributed by atoms with E-state index in [1.165, 1.54) is 6.08 Å². The first-order chi connectivity index (χ1) is 2.81. The van der Waals surface area contributed by atoms with E-state index in [9.17, 15) is 4.39 Å². The van der Waals surface area contributed by atoms with Gasteiger partial charge in [0.05, 0.1) is 0 Å². The number of hydrogen-bond donors (Lipinski definition) is 0. The van der Waals surface area contributed by atoms with Crippen molar-refractivity contribution in [3.05, 3.63) is 11.1 Å². The Hall–Kier alpha value is -0.0400. The van der Waals surface area contributed by atoms with Gasteiger partial charge in [0, 0.05) is 5.03 Å². The van der Waals surface area contributed by atoms with Gasteiger partial charge in [-0.15, -0.1) is 0 Å². The fraction of sp³-hybridized carbons (Fsp3) is 0.500. The number of halogens is 2. The summed E-state index contributed by atoms with van der Waals surface area (Å²) < 4.78 is 11.2. The lowest BCUT2D eigenvalue weighted by Crippen LogP contribution is -1.67.